The molecule has 0 fully saturated rings. The van der Waals surface area contributed by atoms with Gasteiger partial charge in [-0.15, -0.1) is 0 Å². The summed E-state index contributed by atoms with van der Waals surface area (Å²) in [5, 5.41) is 5.43. The van der Waals surface area contributed by atoms with Crippen molar-refractivity contribution in [2.45, 2.75) is 19.7 Å². The fourth-order valence-electron chi connectivity index (χ4n) is 3.06. The maximum absolute atomic E-state index is 12.6. The summed E-state index contributed by atoms with van der Waals surface area (Å²) in [6.45, 7) is 0.512. The first-order valence-electron chi connectivity index (χ1n) is 10.4. The number of furan rings is 1. The second-order valence-electron chi connectivity index (χ2n) is 7.19. The van der Waals surface area contributed by atoms with Gasteiger partial charge in [0.05, 0.1) is 24.2 Å². The highest BCUT2D eigenvalue weighted by Gasteiger charge is 2.13. The number of nitrogens with two attached hydrogens (primary N) is 1. The van der Waals surface area contributed by atoms with E-state index in [1.54, 1.807) is 30.3 Å². The smallest absolute Gasteiger partial charge is 0.407 e. The Morgan fingerprint density at radius 2 is 1.71 bits per heavy atom. The number of nitrogen functional groups attached to an aromatic ring is 1. The van der Waals surface area contributed by atoms with E-state index >= 15 is 0 Å². The van der Waals surface area contributed by atoms with Crippen molar-refractivity contribution in [1.29, 1.82) is 0 Å². The van der Waals surface area contributed by atoms with E-state index in [-0.39, 0.29) is 24.8 Å². The van der Waals surface area contributed by atoms with Gasteiger partial charge in [0.1, 0.15) is 18.0 Å². The molecule has 0 aliphatic rings. The van der Waals surface area contributed by atoms with Crippen LogP contribution in [0.4, 0.5) is 10.7 Å². The lowest BCUT2D eigenvalue weighted by atomic mass is 10.2. The number of nitrogens with zero attached hydrogens (tertiary/aromatic N) is 3. The van der Waals surface area contributed by atoms with Gasteiger partial charge in [-0.25, -0.2) is 14.8 Å². The quantitative estimate of drug-likeness (QED) is 0.365. The summed E-state index contributed by atoms with van der Waals surface area (Å²) in [5.74, 6) is -0.00201. The number of carbonyl (C=O) groups is 2. The van der Waals surface area contributed by atoms with Crippen LogP contribution in [0.3, 0.4) is 0 Å². The Bertz CT molecular complexity index is 1260. The van der Waals surface area contributed by atoms with Crippen molar-refractivity contribution in [3.8, 4) is 11.5 Å². The highest BCUT2D eigenvalue weighted by Crippen LogP contribution is 2.19. The number of hydrogen-bond acceptors (Lipinski definition) is 8. The molecule has 3 aromatic heterocycles. The number of aromatic nitrogens is 3. The summed E-state index contributed by atoms with van der Waals surface area (Å²) in [6, 6.07) is 19.7. The van der Waals surface area contributed by atoms with Crippen LogP contribution in [0, 0.1) is 0 Å². The number of alkyl carbamates (subject to hydrolysis) is 1. The highest BCUT2D eigenvalue weighted by atomic mass is 16.5. The first-order chi connectivity index (χ1) is 16.6. The third-order valence-electron chi connectivity index (χ3n) is 4.68. The SMILES string of the molecule is Nc1nc(C(=O)NCc2cccc(COC(=O)NCc3ccccc3)n2)cc(-c2ccco2)n1. The minimum atomic E-state index is -0.543. The number of anilines is 1. The van der Waals surface area contributed by atoms with Crippen LogP contribution in [0.25, 0.3) is 11.5 Å². The minimum Gasteiger partial charge on any atom is -0.463 e. The van der Waals surface area contributed by atoms with E-state index < -0.39 is 12.0 Å². The normalized spacial score (nSPS) is 10.5. The molecule has 1 aromatic carbocycles. The van der Waals surface area contributed by atoms with Crippen LogP contribution in [0.5, 0.6) is 0 Å². The van der Waals surface area contributed by atoms with E-state index in [1.807, 2.05) is 30.3 Å². The molecule has 0 radical (unpaired) electrons. The van der Waals surface area contributed by atoms with E-state index in [0.29, 0.717) is 29.4 Å². The Morgan fingerprint density at radius 3 is 2.50 bits per heavy atom. The standard InChI is InChI=1S/C24H22N6O4/c25-23-29-19(21-10-5-11-33-21)12-20(30-23)22(31)26-14-17-8-4-9-18(28-17)15-34-24(32)27-13-16-6-2-1-3-7-16/h1-12H,13-15H2,(H,26,31)(H,27,32)(H2,25,29,30). The number of carbonyl (C=O) groups excluding carboxylic acids is 2. The number of rotatable bonds is 8. The second-order valence-corrected chi connectivity index (χ2v) is 7.19. The average molecular weight is 458 g/mol. The van der Waals surface area contributed by atoms with Crippen molar-refractivity contribution in [3.63, 3.8) is 0 Å². The van der Waals surface area contributed by atoms with Crippen molar-refractivity contribution >= 4 is 17.9 Å². The molecule has 172 valence electrons. The monoisotopic (exact) mass is 458 g/mol. The van der Waals surface area contributed by atoms with Gasteiger partial charge in [-0.2, -0.15) is 0 Å². The molecule has 2 amide bonds. The molecule has 0 saturated carbocycles. The predicted octanol–water partition coefficient (Wildman–Crippen LogP) is 3.07. The van der Waals surface area contributed by atoms with E-state index in [0.717, 1.165) is 5.56 Å². The summed E-state index contributed by atoms with van der Waals surface area (Å²) < 4.78 is 10.5. The zero-order valence-corrected chi connectivity index (χ0v) is 18.1. The van der Waals surface area contributed by atoms with Gasteiger partial charge in [-0.05, 0) is 35.9 Å². The third kappa shape index (κ3) is 6.16. The van der Waals surface area contributed by atoms with E-state index in [1.165, 1.54) is 12.3 Å². The molecule has 10 nitrogen and oxygen atoms in total. The molecule has 0 aliphatic heterocycles. The first kappa shape index (κ1) is 22.5. The van der Waals surface area contributed by atoms with Gasteiger partial charge in [0.25, 0.3) is 5.91 Å². The Labute approximate surface area is 195 Å². The van der Waals surface area contributed by atoms with Crippen LogP contribution >= 0.6 is 0 Å². The molecule has 0 atom stereocenters. The van der Waals surface area contributed by atoms with Crippen molar-refractivity contribution in [1.82, 2.24) is 25.6 Å². The van der Waals surface area contributed by atoms with E-state index in [4.69, 9.17) is 14.9 Å². The van der Waals surface area contributed by atoms with Gasteiger partial charge in [0, 0.05) is 6.54 Å². The molecule has 4 rings (SSSR count). The predicted molar refractivity (Wildman–Crippen MR) is 123 cm³/mol. The molecule has 0 aliphatic carbocycles. The molecule has 4 N–H and O–H groups in total. The van der Waals surface area contributed by atoms with Crippen molar-refractivity contribution in [2.24, 2.45) is 0 Å². The largest absolute Gasteiger partial charge is 0.463 e. The number of nitrogens with one attached hydrogen (secondary N) is 2. The minimum absolute atomic E-state index is 0.00262. The molecule has 0 saturated heterocycles. The van der Waals surface area contributed by atoms with Crippen LogP contribution in [-0.2, 0) is 24.4 Å². The van der Waals surface area contributed by atoms with Crippen LogP contribution in [0.15, 0.2) is 77.4 Å². The van der Waals surface area contributed by atoms with Crippen LogP contribution < -0.4 is 16.4 Å². The van der Waals surface area contributed by atoms with Crippen molar-refractivity contribution in [2.75, 3.05) is 5.73 Å². The summed E-state index contributed by atoms with van der Waals surface area (Å²) in [4.78, 5) is 37.0. The van der Waals surface area contributed by atoms with Crippen molar-refractivity contribution < 1.29 is 18.7 Å². The number of amides is 2. The number of benzene rings is 1. The zero-order valence-electron chi connectivity index (χ0n) is 18.1. The maximum atomic E-state index is 12.6. The molecule has 0 unspecified atom stereocenters. The van der Waals surface area contributed by atoms with Crippen LogP contribution in [0.1, 0.15) is 27.4 Å². The average Bonchev–Trinajstić information content (AvgIpc) is 3.40. The molecule has 0 spiro atoms. The van der Waals surface area contributed by atoms with Gasteiger partial charge < -0.3 is 25.5 Å². The highest BCUT2D eigenvalue weighted by molar-refractivity contribution is 5.93. The van der Waals surface area contributed by atoms with E-state index in [9.17, 15) is 9.59 Å². The number of ether oxygens (including phenoxy) is 1. The summed E-state index contributed by atoms with van der Waals surface area (Å²) >= 11 is 0. The first-order valence-corrected chi connectivity index (χ1v) is 10.4. The van der Waals surface area contributed by atoms with E-state index in [2.05, 4.69) is 25.6 Å². The van der Waals surface area contributed by atoms with Gasteiger partial charge in [0.15, 0.2) is 5.76 Å². The lowest BCUT2D eigenvalue weighted by Gasteiger charge is -2.09. The van der Waals surface area contributed by atoms with Gasteiger partial charge in [-0.3, -0.25) is 9.78 Å². The molecular weight excluding hydrogens is 436 g/mol. The second kappa shape index (κ2) is 10.7. The molecular formula is C24H22N6O4. The lowest BCUT2D eigenvalue weighted by molar-refractivity contribution is 0.0945. The molecule has 3 heterocycles. The Morgan fingerprint density at radius 1 is 0.882 bits per heavy atom. The van der Waals surface area contributed by atoms with Crippen LogP contribution in [0.2, 0.25) is 0 Å². The summed E-state index contributed by atoms with van der Waals surface area (Å²) in [7, 11) is 0. The Hall–Kier alpha value is -4.73. The molecule has 4 aromatic rings. The fraction of sp³-hybridized carbons (Fsp3) is 0.125. The summed E-state index contributed by atoms with van der Waals surface area (Å²) in [6.07, 6.45) is 0.959. The Kier molecular flexibility index (Phi) is 7.09. The van der Waals surface area contributed by atoms with Gasteiger partial charge in [-0.1, -0.05) is 36.4 Å². The number of hydrogen-bond donors (Lipinski definition) is 3. The topological polar surface area (TPSA) is 145 Å². The third-order valence-corrected chi connectivity index (χ3v) is 4.68. The maximum Gasteiger partial charge on any atom is 0.407 e. The lowest BCUT2D eigenvalue weighted by Crippen LogP contribution is -2.25. The number of pyridine rings is 1. The molecule has 10 heteroatoms. The zero-order chi connectivity index (χ0) is 23.8. The molecule has 0 bridgehead atoms. The summed E-state index contributed by atoms with van der Waals surface area (Å²) in [5.41, 5.74) is 8.36. The fourth-order valence-corrected chi connectivity index (χ4v) is 3.06. The van der Waals surface area contributed by atoms with Crippen LogP contribution in [-0.4, -0.2) is 27.0 Å². The van der Waals surface area contributed by atoms with Crippen molar-refractivity contribution in [3.05, 3.63) is 95.6 Å². The molecule has 34 heavy (non-hydrogen) atoms. The Balaban J connectivity index is 1.29. The van der Waals surface area contributed by atoms with Gasteiger partial charge >= 0.3 is 6.09 Å². The van der Waals surface area contributed by atoms with Gasteiger partial charge in [0.2, 0.25) is 5.95 Å².